The number of hydrogen-bond donors (Lipinski definition) is 1. The van der Waals surface area contributed by atoms with E-state index in [1.165, 1.54) is 6.08 Å². The summed E-state index contributed by atoms with van der Waals surface area (Å²) >= 11 is 0. The monoisotopic (exact) mass is 329 g/mol. The van der Waals surface area contributed by atoms with Crippen LogP contribution in [0.1, 0.15) is 23.1 Å². The van der Waals surface area contributed by atoms with Gasteiger partial charge in [0.1, 0.15) is 24.7 Å². The van der Waals surface area contributed by atoms with Crippen molar-refractivity contribution in [1.82, 2.24) is 5.32 Å². The van der Waals surface area contributed by atoms with Crippen LogP contribution in [0.15, 0.2) is 59.5 Å². The Labute approximate surface area is 140 Å². The number of aryl methyl sites for hydroxylation is 1. The van der Waals surface area contributed by atoms with E-state index in [4.69, 9.17) is 13.9 Å². The molecule has 0 fully saturated rings. The van der Waals surface area contributed by atoms with Crippen LogP contribution in [0.3, 0.4) is 0 Å². The fourth-order valence-corrected chi connectivity index (χ4v) is 1.96. The molecule has 1 aromatic carbocycles. The summed E-state index contributed by atoms with van der Waals surface area (Å²) in [4.78, 5) is 24.1. The lowest BCUT2D eigenvalue weighted by molar-refractivity contribution is -0.145. The molecule has 0 spiro atoms. The highest BCUT2D eigenvalue weighted by atomic mass is 16.6. The van der Waals surface area contributed by atoms with E-state index in [1.54, 1.807) is 19.1 Å². The fraction of sp³-hybridized carbons (Fsp3) is 0.222. The Kier molecular flexibility index (Phi) is 6.19. The van der Waals surface area contributed by atoms with Crippen LogP contribution in [0.25, 0.3) is 0 Å². The minimum Gasteiger partial charge on any atom is -0.464 e. The van der Waals surface area contributed by atoms with Gasteiger partial charge in [-0.05, 0) is 24.6 Å². The number of benzene rings is 1. The number of carbonyl (C=O) groups excluding carboxylic acids is 2. The molecule has 0 saturated carbocycles. The first-order chi connectivity index (χ1) is 11.6. The average Bonchev–Trinajstić information content (AvgIpc) is 3.02. The van der Waals surface area contributed by atoms with E-state index in [0.717, 1.165) is 5.56 Å². The Morgan fingerprint density at radius 3 is 2.58 bits per heavy atom. The predicted octanol–water partition coefficient (Wildman–Crippen LogP) is 3.28. The normalized spacial score (nSPS) is 11.4. The van der Waals surface area contributed by atoms with Crippen molar-refractivity contribution < 1.29 is 23.5 Å². The largest absolute Gasteiger partial charge is 0.464 e. The van der Waals surface area contributed by atoms with Crippen molar-refractivity contribution in [1.29, 1.82) is 0 Å². The quantitative estimate of drug-likeness (QED) is 0.623. The number of carbonyl (C=O) groups is 2. The smallest absolute Gasteiger partial charge is 0.408 e. The zero-order valence-electron chi connectivity index (χ0n) is 13.4. The third-order valence-corrected chi connectivity index (χ3v) is 3.10. The first-order valence-corrected chi connectivity index (χ1v) is 7.41. The fourth-order valence-electron chi connectivity index (χ4n) is 1.96. The summed E-state index contributed by atoms with van der Waals surface area (Å²) in [7, 11) is 0. The van der Waals surface area contributed by atoms with Crippen LogP contribution in [0.5, 0.6) is 0 Å². The van der Waals surface area contributed by atoms with E-state index in [1.807, 2.05) is 30.3 Å². The molecule has 1 aromatic heterocycles. The Hall–Kier alpha value is -3.02. The number of rotatable bonds is 7. The van der Waals surface area contributed by atoms with E-state index in [0.29, 0.717) is 5.76 Å². The van der Waals surface area contributed by atoms with E-state index in [-0.39, 0.29) is 19.0 Å². The maximum absolute atomic E-state index is 12.1. The standard InChI is InChI=1S/C18H19NO5/c1-3-11-22-17(20)16(15-10-9-13(2)24-15)19-18(21)23-12-14-7-5-4-6-8-14/h3-10,16H,1,11-12H2,2H3,(H,19,21)/t16-/m1/s1. The molecule has 0 aliphatic carbocycles. The van der Waals surface area contributed by atoms with Crippen molar-refractivity contribution in [2.75, 3.05) is 6.61 Å². The van der Waals surface area contributed by atoms with E-state index >= 15 is 0 Å². The lowest BCUT2D eigenvalue weighted by atomic mass is 10.2. The van der Waals surface area contributed by atoms with Crippen LogP contribution < -0.4 is 5.32 Å². The molecule has 1 N–H and O–H groups in total. The first kappa shape index (κ1) is 17.3. The highest BCUT2D eigenvalue weighted by Crippen LogP contribution is 2.18. The molecule has 2 aromatic rings. The topological polar surface area (TPSA) is 77.8 Å². The van der Waals surface area contributed by atoms with Crippen molar-refractivity contribution in [2.24, 2.45) is 0 Å². The summed E-state index contributed by atoms with van der Waals surface area (Å²) < 4.78 is 15.5. The molecule has 24 heavy (non-hydrogen) atoms. The van der Waals surface area contributed by atoms with Gasteiger partial charge in [-0.25, -0.2) is 9.59 Å². The SMILES string of the molecule is C=CCOC(=O)[C@H](NC(=O)OCc1ccccc1)c1ccc(C)o1. The predicted molar refractivity (Wildman–Crippen MR) is 87.1 cm³/mol. The Bertz CT molecular complexity index is 692. The Morgan fingerprint density at radius 1 is 1.21 bits per heavy atom. The molecular weight excluding hydrogens is 310 g/mol. The molecule has 1 atom stereocenters. The van der Waals surface area contributed by atoms with Crippen molar-refractivity contribution in [3.8, 4) is 0 Å². The second-order valence-corrected chi connectivity index (χ2v) is 5.01. The summed E-state index contributed by atoms with van der Waals surface area (Å²) in [5, 5.41) is 2.46. The van der Waals surface area contributed by atoms with Crippen molar-refractivity contribution >= 4 is 12.1 Å². The lowest BCUT2D eigenvalue weighted by Crippen LogP contribution is -2.35. The molecule has 0 unspecified atom stereocenters. The van der Waals surface area contributed by atoms with Gasteiger partial charge >= 0.3 is 12.1 Å². The van der Waals surface area contributed by atoms with Crippen molar-refractivity contribution in [2.45, 2.75) is 19.6 Å². The summed E-state index contributed by atoms with van der Waals surface area (Å²) in [6.45, 7) is 5.35. The van der Waals surface area contributed by atoms with Gasteiger partial charge in [0.25, 0.3) is 0 Å². The first-order valence-electron chi connectivity index (χ1n) is 7.41. The van der Waals surface area contributed by atoms with Gasteiger partial charge in [0.15, 0.2) is 6.04 Å². The van der Waals surface area contributed by atoms with Crippen LogP contribution in [0.4, 0.5) is 4.79 Å². The summed E-state index contributed by atoms with van der Waals surface area (Å²) in [5.41, 5.74) is 0.840. The number of esters is 1. The van der Waals surface area contributed by atoms with Crippen LogP contribution in [-0.4, -0.2) is 18.7 Å². The Morgan fingerprint density at radius 2 is 1.96 bits per heavy atom. The van der Waals surface area contributed by atoms with Crippen LogP contribution in [0, 0.1) is 6.92 Å². The second-order valence-electron chi connectivity index (χ2n) is 5.01. The minimum absolute atomic E-state index is 0.0375. The molecule has 2 rings (SSSR count). The van der Waals surface area contributed by atoms with Crippen molar-refractivity contribution in [3.05, 3.63) is 72.2 Å². The van der Waals surface area contributed by atoms with E-state index < -0.39 is 18.1 Å². The van der Waals surface area contributed by atoms with Crippen LogP contribution in [-0.2, 0) is 20.9 Å². The second kappa shape index (κ2) is 8.57. The molecule has 1 amide bonds. The number of hydrogen-bond acceptors (Lipinski definition) is 5. The zero-order chi connectivity index (χ0) is 17.4. The summed E-state index contributed by atoms with van der Waals surface area (Å²) in [6, 6.07) is 11.4. The average molecular weight is 329 g/mol. The maximum Gasteiger partial charge on any atom is 0.408 e. The van der Waals surface area contributed by atoms with Gasteiger partial charge in [0.05, 0.1) is 0 Å². The zero-order valence-corrected chi connectivity index (χ0v) is 13.4. The number of furan rings is 1. The van der Waals surface area contributed by atoms with Crippen molar-refractivity contribution in [3.63, 3.8) is 0 Å². The number of ether oxygens (including phenoxy) is 2. The van der Waals surface area contributed by atoms with Gasteiger partial charge in [0, 0.05) is 0 Å². The van der Waals surface area contributed by atoms with Crippen LogP contribution in [0.2, 0.25) is 0 Å². The summed E-state index contributed by atoms with van der Waals surface area (Å²) in [5.74, 6) is 0.241. The summed E-state index contributed by atoms with van der Waals surface area (Å²) in [6.07, 6.45) is 0.698. The van der Waals surface area contributed by atoms with Crippen LogP contribution >= 0.6 is 0 Å². The third-order valence-electron chi connectivity index (χ3n) is 3.10. The molecule has 6 heteroatoms. The maximum atomic E-state index is 12.1. The molecule has 126 valence electrons. The molecule has 0 bridgehead atoms. The van der Waals surface area contributed by atoms with Gasteiger partial charge in [-0.2, -0.15) is 0 Å². The molecule has 6 nitrogen and oxygen atoms in total. The minimum atomic E-state index is -1.08. The van der Waals surface area contributed by atoms with Gasteiger partial charge in [0.2, 0.25) is 0 Å². The molecule has 0 aliphatic rings. The van der Waals surface area contributed by atoms with Gasteiger partial charge < -0.3 is 19.2 Å². The molecule has 1 heterocycles. The van der Waals surface area contributed by atoms with Gasteiger partial charge in [-0.15, -0.1) is 0 Å². The molecular formula is C18H19NO5. The van der Waals surface area contributed by atoms with E-state index in [9.17, 15) is 9.59 Å². The molecule has 0 radical (unpaired) electrons. The number of alkyl carbamates (subject to hydrolysis) is 1. The number of nitrogens with one attached hydrogen (secondary N) is 1. The van der Waals surface area contributed by atoms with E-state index in [2.05, 4.69) is 11.9 Å². The van der Waals surface area contributed by atoms with Gasteiger partial charge in [-0.3, -0.25) is 0 Å². The van der Waals surface area contributed by atoms with Gasteiger partial charge in [-0.1, -0.05) is 43.0 Å². The lowest BCUT2D eigenvalue weighted by Gasteiger charge is -2.15. The highest BCUT2D eigenvalue weighted by molar-refractivity contribution is 5.82. The highest BCUT2D eigenvalue weighted by Gasteiger charge is 2.27. The molecule has 0 saturated heterocycles. The Balaban J connectivity index is 2.00. The third kappa shape index (κ3) is 5.01. The number of amides is 1. The molecule has 0 aliphatic heterocycles.